The molecule has 0 aromatic heterocycles. The van der Waals surface area contributed by atoms with E-state index in [1.807, 2.05) is 18.2 Å². The third-order valence-electron chi connectivity index (χ3n) is 6.34. The van der Waals surface area contributed by atoms with Gasteiger partial charge < -0.3 is 10.1 Å². The van der Waals surface area contributed by atoms with Gasteiger partial charge in [-0.25, -0.2) is 0 Å². The lowest BCUT2D eigenvalue weighted by Crippen LogP contribution is -2.41. The normalized spacial score (nSPS) is 21.2. The Labute approximate surface area is 179 Å². The van der Waals surface area contributed by atoms with Crippen molar-refractivity contribution in [2.24, 2.45) is 0 Å². The van der Waals surface area contributed by atoms with E-state index >= 15 is 0 Å². The van der Waals surface area contributed by atoms with Crippen molar-refractivity contribution in [3.05, 3.63) is 102 Å². The number of rotatable bonds is 6. The SMILES string of the molecule is COc1cccc(C2(C#N)CCC(NC(c3ccccc3)c3ccccc3)CC2)c1. The van der Waals surface area contributed by atoms with E-state index in [1.165, 1.54) is 11.1 Å². The van der Waals surface area contributed by atoms with Crippen molar-refractivity contribution in [2.45, 2.75) is 43.2 Å². The van der Waals surface area contributed by atoms with Crippen LogP contribution in [-0.4, -0.2) is 13.2 Å². The summed E-state index contributed by atoms with van der Waals surface area (Å²) in [6, 6.07) is 32.4. The molecule has 4 rings (SSSR count). The Hall–Kier alpha value is -3.09. The quantitative estimate of drug-likeness (QED) is 0.574. The van der Waals surface area contributed by atoms with Crippen molar-refractivity contribution < 1.29 is 4.74 Å². The van der Waals surface area contributed by atoms with Crippen molar-refractivity contribution in [1.82, 2.24) is 5.32 Å². The fraction of sp³-hybridized carbons (Fsp3) is 0.296. The van der Waals surface area contributed by atoms with Gasteiger partial charge in [0.05, 0.1) is 24.6 Å². The van der Waals surface area contributed by atoms with E-state index in [1.54, 1.807) is 7.11 Å². The van der Waals surface area contributed by atoms with Crippen LogP contribution in [0.4, 0.5) is 0 Å². The van der Waals surface area contributed by atoms with Gasteiger partial charge in [-0.1, -0.05) is 72.8 Å². The van der Waals surface area contributed by atoms with E-state index < -0.39 is 5.41 Å². The lowest BCUT2D eigenvalue weighted by molar-refractivity contribution is 0.284. The van der Waals surface area contributed by atoms with Gasteiger partial charge in [-0.2, -0.15) is 5.26 Å². The van der Waals surface area contributed by atoms with E-state index in [4.69, 9.17) is 4.74 Å². The van der Waals surface area contributed by atoms with E-state index in [9.17, 15) is 5.26 Å². The van der Waals surface area contributed by atoms with Crippen LogP contribution in [0.5, 0.6) is 5.75 Å². The zero-order chi connectivity index (χ0) is 20.8. The van der Waals surface area contributed by atoms with Gasteiger partial charge in [-0.15, -0.1) is 0 Å². The van der Waals surface area contributed by atoms with Gasteiger partial charge in [0.2, 0.25) is 0 Å². The van der Waals surface area contributed by atoms with Crippen LogP contribution >= 0.6 is 0 Å². The number of ether oxygens (including phenoxy) is 1. The van der Waals surface area contributed by atoms with E-state index in [0.717, 1.165) is 37.0 Å². The Kier molecular flexibility index (Phi) is 6.16. The molecule has 3 aromatic rings. The summed E-state index contributed by atoms with van der Waals surface area (Å²) in [6.07, 6.45) is 3.65. The van der Waals surface area contributed by atoms with Gasteiger partial charge in [0.25, 0.3) is 0 Å². The molecule has 0 unspecified atom stereocenters. The first-order valence-corrected chi connectivity index (χ1v) is 10.7. The first kappa shape index (κ1) is 20.2. The first-order chi connectivity index (χ1) is 14.7. The number of methoxy groups -OCH3 is 1. The highest BCUT2D eigenvalue weighted by atomic mass is 16.5. The fourth-order valence-corrected chi connectivity index (χ4v) is 4.57. The second-order valence-corrected chi connectivity index (χ2v) is 8.12. The molecule has 30 heavy (non-hydrogen) atoms. The van der Waals surface area contributed by atoms with Crippen LogP contribution in [0.15, 0.2) is 84.9 Å². The third kappa shape index (κ3) is 4.25. The topological polar surface area (TPSA) is 45.0 Å². The molecule has 0 atom stereocenters. The molecule has 1 fully saturated rings. The molecule has 0 aliphatic heterocycles. The van der Waals surface area contributed by atoms with Crippen LogP contribution in [0.3, 0.4) is 0 Å². The molecule has 1 aliphatic rings. The number of benzene rings is 3. The molecule has 1 N–H and O–H groups in total. The van der Waals surface area contributed by atoms with Gasteiger partial charge in [0.15, 0.2) is 0 Å². The van der Waals surface area contributed by atoms with Crippen LogP contribution in [0.1, 0.15) is 48.4 Å². The Balaban J connectivity index is 1.52. The molecule has 0 amide bonds. The first-order valence-electron chi connectivity index (χ1n) is 10.7. The van der Waals surface area contributed by atoms with Crippen molar-refractivity contribution in [3.63, 3.8) is 0 Å². The zero-order valence-electron chi connectivity index (χ0n) is 17.4. The standard InChI is InChI=1S/C27H28N2O/c1-30-25-14-8-13-23(19-25)27(20-28)17-15-24(16-18-27)29-26(21-9-4-2-5-10-21)22-11-6-3-7-12-22/h2-14,19,24,26,29H,15-18H2,1H3. The second-order valence-electron chi connectivity index (χ2n) is 8.12. The Bertz CT molecular complexity index is 947. The monoisotopic (exact) mass is 396 g/mol. The average molecular weight is 397 g/mol. The molecule has 0 radical (unpaired) electrons. The van der Waals surface area contributed by atoms with E-state index in [2.05, 4.69) is 78.1 Å². The van der Waals surface area contributed by atoms with Gasteiger partial charge in [0, 0.05) is 6.04 Å². The lowest BCUT2D eigenvalue weighted by atomic mass is 9.69. The maximum absolute atomic E-state index is 10.1. The number of nitrogens with one attached hydrogen (secondary N) is 1. The molecule has 0 heterocycles. The Morgan fingerprint density at radius 3 is 2.03 bits per heavy atom. The minimum absolute atomic E-state index is 0.156. The molecule has 0 bridgehead atoms. The highest BCUT2D eigenvalue weighted by molar-refractivity contribution is 5.39. The van der Waals surface area contributed by atoms with Gasteiger partial charge in [-0.3, -0.25) is 0 Å². The summed E-state index contributed by atoms with van der Waals surface area (Å²) in [5.41, 5.74) is 3.19. The molecule has 3 aromatic carbocycles. The highest BCUT2D eigenvalue weighted by Crippen LogP contribution is 2.40. The number of nitrogens with zero attached hydrogens (tertiary/aromatic N) is 1. The summed E-state index contributed by atoms with van der Waals surface area (Å²) < 4.78 is 5.39. The largest absolute Gasteiger partial charge is 0.497 e. The minimum Gasteiger partial charge on any atom is -0.497 e. The van der Waals surface area contributed by atoms with Crippen molar-refractivity contribution in [3.8, 4) is 11.8 Å². The van der Waals surface area contributed by atoms with Crippen LogP contribution in [-0.2, 0) is 5.41 Å². The van der Waals surface area contributed by atoms with Crippen molar-refractivity contribution in [2.75, 3.05) is 7.11 Å². The summed E-state index contributed by atoms with van der Waals surface area (Å²) in [5.74, 6) is 0.815. The molecule has 1 aliphatic carbocycles. The summed E-state index contributed by atoms with van der Waals surface area (Å²) in [6.45, 7) is 0. The smallest absolute Gasteiger partial charge is 0.119 e. The van der Waals surface area contributed by atoms with Gasteiger partial charge in [0.1, 0.15) is 5.75 Å². The number of hydrogen-bond donors (Lipinski definition) is 1. The molecule has 3 heteroatoms. The molecule has 0 spiro atoms. The van der Waals surface area contributed by atoms with Crippen molar-refractivity contribution in [1.29, 1.82) is 5.26 Å². The predicted octanol–water partition coefficient (Wildman–Crippen LogP) is 5.78. The maximum Gasteiger partial charge on any atom is 0.119 e. The van der Waals surface area contributed by atoms with Crippen molar-refractivity contribution >= 4 is 0 Å². The molecular weight excluding hydrogens is 368 g/mol. The Morgan fingerprint density at radius 2 is 1.50 bits per heavy atom. The Morgan fingerprint density at radius 1 is 0.900 bits per heavy atom. The van der Waals surface area contributed by atoms with E-state index in [0.29, 0.717) is 6.04 Å². The summed E-state index contributed by atoms with van der Waals surface area (Å²) >= 11 is 0. The highest BCUT2D eigenvalue weighted by Gasteiger charge is 2.38. The van der Waals surface area contributed by atoms with Gasteiger partial charge in [-0.05, 0) is 54.5 Å². The summed E-state index contributed by atoms with van der Waals surface area (Å²) in [7, 11) is 1.67. The molecule has 3 nitrogen and oxygen atoms in total. The number of hydrogen-bond acceptors (Lipinski definition) is 3. The number of nitriles is 1. The fourth-order valence-electron chi connectivity index (χ4n) is 4.57. The average Bonchev–Trinajstić information content (AvgIpc) is 2.84. The summed E-state index contributed by atoms with van der Waals surface area (Å²) in [4.78, 5) is 0. The zero-order valence-corrected chi connectivity index (χ0v) is 17.4. The van der Waals surface area contributed by atoms with Crippen LogP contribution in [0.2, 0.25) is 0 Å². The predicted molar refractivity (Wildman–Crippen MR) is 120 cm³/mol. The molecular formula is C27H28N2O. The molecule has 1 saturated carbocycles. The molecule has 0 saturated heterocycles. The van der Waals surface area contributed by atoms with E-state index in [-0.39, 0.29) is 6.04 Å². The van der Waals surface area contributed by atoms with Crippen LogP contribution < -0.4 is 10.1 Å². The second kappa shape index (κ2) is 9.15. The lowest BCUT2D eigenvalue weighted by Gasteiger charge is -2.37. The summed E-state index contributed by atoms with van der Waals surface area (Å²) in [5, 5.41) is 14.0. The third-order valence-corrected chi connectivity index (χ3v) is 6.34. The maximum atomic E-state index is 10.1. The van der Waals surface area contributed by atoms with Crippen LogP contribution in [0.25, 0.3) is 0 Å². The van der Waals surface area contributed by atoms with Crippen LogP contribution in [0, 0.1) is 11.3 Å². The molecule has 152 valence electrons. The van der Waals surface area contributed by atoms with Gasteiger partial charge >= 0.3 is 0 Å². The minimum atomic E-state index is -0.429.